The monoisotopic (exact) mass is 220 g/mol. The van der Waals surface area contributed by atoms with Gasteiger partial charge in [-0.25, -0.2) is 0 Å². The van der Waals surface area contributed by atoms with E-state index in [1.165, 1.54) is 5.56 Å². The molecule has 1 rings (SSSR count). The average molecular weight is 220 g/mol. The fourth-order valence-corrected chi connectivity index (χ4v) is 1.34. The lowest BCUT2D eigenvalue weighted by Crippen LogP contribution is -2.22. The molecule has 1 aromatic rings. The third kappa shape index (κ3) is 4.05. The number of carbonyl (C=O) groups is 1. The molecule has 0 spiro atoms. The normalized spacial score (nSPS) is 11.2. The van der Waals surface area contributed by atoms with Crippen LogP contribution in [0.1, 0.15) is 32.8 Å². The van der Waals surface area contributed by atoms with Crippen LogP contribution in [0.2, 0.25) is 0 Å². The minimum atomic E-state index is -0.268. The second-order valence-electron chi connectivity index (χ2n) is 5.09. The van der Waals surface area contributed by atoms with E-state index in [0.717, 1.165) is 5.75 Å². The number of hydrogen-bond acceptors (Lipinski definition) is 2. The first kappa shape index (κ1) is 12.8. The number of Topliss-reactive ketones (excluding diaryl/α,β-unsaturated/α-hetero) is 1. The molecule has 0 N–H and O–H groups in total. The van der Waals surface area contributed by atoms with Crippen molar-refractivity contribution in [3.8, 4) is 5.75 Å². The second-order valence-corrected chi connectivity index (χ2v) is 5.09. The molecule has 2 heteroatoms. The average Bonchev–Trinajstić information content (AvgIpc) is 2.16. The molecule has 0 atom stereocenters. The summed E-state index contributed by atoms with van der Waals surface area (Å²) in [6, 6.07) is 7.86. The number of aryl methyl sites for hydroxylation is 1. The molecule has 0 bridgehead atoms. The van der Waals surface area contributed by atoms with Crippen LogP contribution in [0.25, 0.3) is 0 Å². The van der Waals surface area contributed by atoms with Gasteiger partial charge in [-0.2, -0.15) is 0 Å². The van der Waals surface area contributed by atoms with Gasteiger partial charge in [-0.15, -0.1) is 0 Å². The minimum Gasteiger partial charge on any atom is -0.493 e. The summed E-state index contributed by atoms with van der Waals surface area (Å²) in [4.78, 5) is 11.6. The number of ether oxygens (including phenoxy) is 1. The van der Waals surface area contributed by atoms with Crippen molar-refractivity contribution in [1.82, 2.24) is 0 Å². The van der Waals surface area contributed by atoms with Crippen LogP contribution in [0.5, 0.6) is 5.75 Å². The van der Waals surface area contributed by atoms with Gasteiger partial charge in [0.1, 0.15) is 11.5 Å². The van der Waals surface area contributed by atoms with Crippen molar-refractivity contribution in [3.63, 3.8) is 0 Å². The van der Waals surface area contributed by atoms with Gasteiger partial charge in [0.2, 0.25) is 0 Å². The standard InChI is InChI=1S/C14H20O2/c1-11-6-5-7-12(10-11)16-9-8-13(15)14(2,3)4/h5-7,10H,8-9H2,1-4H3. The summed E-state index contributed by atoms with van der Waals surface area (Å²) in [6.45, 7) is 8.28. The third-order valence-corrected chi connectivity index (χ3v) is 2.42. The van der Waals surface area contributed by atoms with Gasteiger partial charge in [-0.1, -0.05) is 32.9 Å². The summed E-state index contributed by atoms with van der Waals surface area (Å²) in [7, 11) is 0. The van der Waals surface area contributed by atoms with E-state index >= 15 is 0 Å². The Morgan fingerprint density at radius 2 is 2.00 bits per heavy atom. The fraction of sp³-hybridized carbons (Fsp3) is 0.500. The number of hydrogen-bond donors (Lipinski definition) is 0. The molecule has 0 unspecified atom stereocenters. The smallest absolute Gasteiger partial charge is 0.141 e. The maximum absolute atomic E-state index is 11.6. The Hall–Kier alpha value is -1.31. The number of carbonyl (C=O) groups excluding carboxylic acids is 1. The highest BCUT2D eigenvalue weighted by molar-refractivity contribution is 5.83. The predicted molar refractivity (Wildman–Crippen MR) is 65.8 cm³/mol. The van der Waals surface area contributed by atoms with E-state index in [2.05, 4.69) is 0 Å². The van der Waals surface area contributed by atoms with E-state index in [4.69, 9.17) is 4.74 Å². The third-order valence-electron chi connectivity index (χ3n) is 2.42. The van der Waals surface area contributed by atoms with Crippen LogP contribution >= 0.6 is 0 Å². The van der Waals surface area contributed by atoms with Crippen LogP contribution in [-0.4, -0.2) is 12.4 Å². The molecule has 0 saturated carbocycles. The molecule has 0 aromatic heterocycles. The minimum absolute atomic E-state index is 0.236. The molecule has 0 saturated heterocycles. The van der Waals surface area contributed by atoms with E-state index < -0.39 is 0 Å². The second kappa shape index (κ2) is 5.15. The van der Waals surface area contributed by atoms with Crippen molar-refractivity contribution in [1.29, 1.82) is 0 Å². The Morgan fingerprint density at radius 1 is 1.31 bits per heavy atom. The molecular weight excluding hydrogens is 200 g/mol. The van der Waals surface area contributed by atoms with Gasteiger partial charge in [0.25, 0.3) is 0 Å². The number of benzene rings is 1. The molecule has 16 heavy (non-hydrogen) atoms. The maximum atomic E-state index is 11.6. The zero-order chi connectivity index (χ0) is 12.2. The Morgan fingerprint density at radius 3 is 2.56 bits per heavy atom. The van der Waals surface area contributed by atoms with Gasteiger partial charge in [0, 0.05) is 11.8 Å². The Kier molecular flexibility index (Phi) is 4.11. The highest BCUT2D eigenvalue weighted by Crippen LogP contribution is 2.17. The van der Waals surface area contributed by atoms with Gasteiger partial charge in [-0.3, -0.25) is 4.79 Å². The van der Waals surface area contributed by atoms with Crippen LogP contribution in [0.3, 0.4) is 0 Å². The first-order valence-electron chi connectivity index (χ1n) is 5.62. The van der Waals surface area contributed by atoms with Crippen molar-refractivity contribution >= 4 is 5.78 Å². The molecule has 0 aliphatic carbocycles. The Balaban J connectivity index is 2.39. The van der Waals surface area contributed by atoms with Gasteiger partial charge in [0.05, 0.1) is 6.61 Å². The molecule has 0 aliphatic heterocycles. The highest BCUT2D eigenvalue weighted by atomic mass is 16.5. The molecule has 0 amide bonds. The lowest BCUT2D eigenvalue weighted by molar-refractivity contribution is -0.126. The summed E-state index contributed by atoms with van der Waals surface area (Å²) < 4.78 is 5.53. The van der Waals surface area contributed by atoms with Crippen molar-refractivity contribution < 1.29 is 9.53 Å². The SMILES string of the molecule is Cc1cccc(OCCC(=O)C(C)(C)C)c1. The van der Waals surface area contributed by atoms with Crippen molar-refractivity contribution in [2.45, 2.75) is 34.1 Å². The molecular formula is C14H20O2. The van der Waals surface area contributed by atoms with Gasteiger partial charge >= 0.3 is 0 Å². The lowest BCUT2D eigenvalue weighted by Gasteiger charge is -2.16. The van der Waals surface area contributed by atoms with Crippen LogP contribution < -0.4 is 4.74 Å². The largest absolute Gasteiger partial charge is 0.493 e. The van der Waals surface area contributed by atoms with Gasteiger partial charge < -0.3 is 4.74 Å². The topological polar surface area (TPSA) is 26.3 Å². The zero-order valence-electron chi connectivity index (χ0n) is 10.5. The van der Waals surface area contributed by atoms with Crippen LogP contribution in [0.4, 0.5) is 0 Å². The number of rotatable bonds is 4. The molecule has 1 aromatic carbocycles. The Labute approximate surface area is 97.6 Å². The van der Waals surface area contributed by atoms with Crippen molar-refractivity contribution in [2.75, 3.05) is 6.61 Å². The molecule has 0 aliphatic rings. The van der Waals surface area contributed by atoms with Crippen molar-refractivity contribution in [2.24, 2.45) is 5.41 Å². The zero-order valence-corrected chi connectivity index (χ0v) is 10.5. The highest BCUT2D eigenvalue weighted by Gasteiger charge is 2.20. The van der Waals surface area contributed by atoms with E-state index in [0.29, 0.717) is 13.0 Å². The first-order chi connectivity index (χ1) is 7.39. The van der Waals surface area contributed by atoms with Crippen molar-refractivity contribution in [3.05, 3.63) is 29.8 Å². The number of ketones is 1. The van der Waals surface area contributed by atoms with E-state index in [1.807, 2.05) is 52.0 Å². The molecule has 0 radical (unpaired) electrons. The van der Waals surface area contributed by atoms with E-state index in [-0.39, 0.29) is 11.2 Å². The van der Waals surface area contributed by atoms with Crippen LogP contribution in [0, 0.1) is 12.3 Å². The van der Waals surface area contributed by atoms with Gasteiger partial charge in [0.15, 0.2) is 0 Å². The predicted octanol–water partition coefficient (Wildman–Crippen LogP) is 3.38. The van der Waals surface area contributed by atoms with E-state index in [1.54, 1.807) is 0 Å². The van der Waals surface area contributed by atoms with E-state index in [9.17, 15) is 4.79 Å². The lowest BCUT2D eigenvalue weighted by atomic mass is 9.89. The first-order valence-corrected chi connectivity index (χ1v) is 5.62. The quantitative estimate of drug-likeness (QED) is 0.777. The van der Waals surface area contributed by atoms with Gasteiger partial charge in [-0.05, 0) is 24.6 Å². The molecule has 0 heterocycles. The summed E-state index contributed by atoms with van der Waals surface area (Å²) in [5.74, 6) is 1.07. The molecule has 0 fully saturated rings. The van der Waals surface area contributed by atoms with Crippen LogP contribution in [-0.2, 0) is 4.79 Å². The summed E-state index contributed by atoms with van der Waals surface area (Å²) in [6.07, 6.45) is 0.470. The Bertz CT molecular complexity index is 361. The van der Waals surface area contributed by atoms with Crippen LogP contribution in [0.15, 0.2) is 24.3 Å². The molecule has 88 valence electrons. The molecule has 2 nitrogen and oxygen atoms in total. The summed E-state index contributed by atoms with van der Waals surface area (Å²) in [5.41, 5.74) is 0.898. The summed E-state index contributed by atoms with van der Waals surface area (Å²) >= 11 is 0. The maximum Gasteiger partial charge on any atom is 0.141 e. The fourth-order valence-electron chi connectivity index (χ4n) is 1.34. The summed E-state index contributed by atoms with van der Waals surface area (Å²) in [5, 5.41) is 0.